The Bertz CT molecular complexity index is 373. The van der Waals surface area contributed by atoms with Crippen molar-refractivity contribution >= 4 is 13.8 Å². The number of hydrogen-bond acceptors (Lipinski definition) is 6. The van der Waals surface area contributed by atoms with E-state index >= 15 is 0 Å². The van der Waals surface area contributed by atoms with E-state index in [4.69, 9.17) is 13.8 Å². The lowest BCUT2D eigenvalue weighted by Crippen LogP contribution is -2.09. The predicted octanol–water partition coefficient (Wildman–Crippen LogP) is 1.23. The summed E-state index contributed by atoms with van der Waals surface area (Å²) < 4.78 is 31.2. The average molecular weight is 234 g/mol. The second kappa shape index (κ2) is 3.63. The largest absolute Gasteiger partial charge is 0.529 e. The number of phosphoric ester groups is 1. The van der Waals surface area contributed by atoms with Crippen LogP contribution in [0.25, 0.3) is 0 Å². The lowest BCUT2D eigenvalue weighted by Gasteiger charge is -2.14. The van der Waals surface area contributed by atoms with Gasteiger partial charge in [-0.2, -0.15) is 0 Å². The van der Waals surface area contributed by atoms with Gasteiger partial charge in [-0.3, -0.25) is 9.05 Å². The standard InChI is InChI=1S/C8H11O6P/c1-5-7-6(3-12-8(7)9)4-13-15(10,11-2)14-5/h6H,3-4H2,1-2H3/t6-,15-/m1/s1. The Morgan fingerprint density at radius 3 is 2.87 bits per heavy atom. The summed E-state index contributed by atoms with van der Waals surface area (Å²) in [4.78, 5) is 11.3. The van der Waals surface area contributed by atoms with Gasteiger partial charge in [0, 0.05) is 7.11 Å². The van der Waals surface area contributed by atoms with Gasteiger partial charge in [-0.25, -0.2) is 9.36 Å². The van der Waals surface area contributed by atoms with E-state index in [1.54, 1.807) is 6.92 Å². The van der Waals surface area contributed by atoms with Crippen molar-refractivity contribution in [2.24, 2.45) is 5.92 Å². The molecule has 6 nitrogen and oxygen atoms in total. The molecule has 2 rings (SSSR count). The first kappa shape index (κ1) is 10.7. The van der Waals surface area contributed by atoms with Crippen molar-refractivity contribution in [1.82, 2.24) is 0 Å². The number of esters is 1. The monoisotopic (exact) mass is 234 g/mol. The number of fused-ring (bicyclic) bond motifs is 1. The zero-order valence-electron chi connectivity index (χ0n) is 8.39. The van der Waals surface area contributed by atoms with Crippen molar-refractivity contribution in [2.75, 3.05) is 20.3 Å². The maximum absolute atomic E-state index is 11.7. The van der Waals surface area contributed by atoms with Crippen LogP contribution in [0.2, 0.25) is 0 Å². The van der Waals surface area contributed by atoms with Crippen LogP contribution in [0.15, 0.2) is 11.3 Å². The molecule has 0 aromatic carbocycles. The second-order valence-electron chi connectivity index (χ2n) is 3.28. The van der Waals surface area contributed by atoms with Crippen molar-refractivity contribution in [1.29, 1.82) is 0 Å². The number of carbonyl (C=O) groups excluding carboxylic acids is 1. The van der Waals surface area contributed by atoms with E-state index in [0.29, 0.717) is 5.57 Å². The molecule has 0 unspecified atom stereocenters. The summed E-state index contributed by atoms with van der Waals surface area (Å²) >= 11 is 0. The third kappa shape index (κ3) is 1.80. The zero-order chi connectivity index (χ0) is 11.1. The summed E-state index contributed by atoms with van der Waals surface area (Å²) in [6, 6.07) is 0. The van der Waals surface area contributed by atoms with E-state index < -0.39 is 13.8 Å². The number of rotatable bonds is 1. The minimum Gasteiger partial charge on any atom is -0.461 e. The SMILES string of the molecule is CO[P@]1(=O)OC[C@H]2COC(=O)C2=C(C)O1. The smallest absolute Gasteiger partial charge is 0.461 e. The summed E-state index contributed by atoms with van der Waals surface area (Å²) in [5.41, 5.74) is 0.393. The van der Waals surface area contributed by atoms with Gasteiger partial charge in [0.15, 0.2) is 0 Å². The third-order valence-electron chi connectivity index (χ3n) is 2.33. The van der Waals surface area contributed by atoms with Crippen molar-refractivity contribution in [3.8, 4) is 0 Å². The molecular weight excluding hydrogens is 223 g/mol. The summed E-state index contributed by atoms with van der Waals surface area (Å²) in [6.45, 7) is 1.89. The molecule has 1 fully saturated rings. The molecule has 0 amide bonds. The molecule has 0 spiro atoms. The lowest BCUT2D eigenvalue weighted by atomic mass is 10.0. The first-order valence-corrected chi connectivity index (χ1v) is 5.89. The maximum atomic E-state index is 11.7. The fraction of sp³-hybridized carbons (Fsp3) is 0.625. The Morgan fingerprint density at radius 2 is 2.20 bits per heavy atom. The molecule has 1 saturated heterocycles. The molecule has 2 aliphatic rings. The third-order valence-corrected chi connectivity index (χ3v) is 3.74. The minimum absolute atomic E-state index is 0.101. The molecule has 2 aliphatic heterocycles. The number of phosphoric acid groups is 1. The molecule has 7 heteroatoms. The fourth-order valence-electron chi connectivity index (χ4n) is 1.58. The van der Waals surface area contributed by atoms with Crippen molar-refractivity contribution < 1.29 is 27.7 Å². The van der Waals surface area contributed by atoms with E-state index in [1.807, 2.05) is 0 Å². The first-order chi connectivity index (χ1) is 7.06. The summed E-state index contributed by atoms with van der Waals surface area (Å²) in [6.07, 6.45) is 0. The van der Waals surface area contributed by atoms with E-state index in [-0.39, 0.29) is 24.9 Å². The van der Waals surface area contributed by atoms with E-state index in [9.17, 15) is 9.36 Å². The Kier molecular flexibility index (Phi) is 2.58. The molecule has 0 bridgehead atoms. The van der Waals surface area contributed by atoms with E-state index in [2.05, 4.69) is 4.52 Å². The molecule has 0 aromatic heterocycles. The Morgan fingerprint density at radius 1 is 1.47 bits per heavy atom. The molecule has 0 saturated carbocycles. The van der Waals surface area contributed by atoms with Crippen LogP contribution in [0.4, 0.5) is 0 Å². The van der Waals surface area contributed by atoms with E-state index in [1.165, 1.54) is 7.11 Å². The highest BCUT2D eigenvalue weighted by Crippen LogP contribution is 2.54. The molecular formula is C8H11O6P. The van der Waals surface area contributed by atoms with Crippen molar-refractivity contribution in [3.63, 3.8) is 0 Å². The maximum Gasteiger partial charge on any atom is 0.529 e. The molecule has 0 aromatic rings. The van der Waals surface area contributed by atoms with Gasteiger partial charge in [-0.15, -0.1) is 0 Å². The van der Waals surface area contributed by atoms with Crippen LogP contribution in [0.3, 0.4) is 0 Å². The summed E-state index contributed by atoms with van der Waals surface area (Å²) in [5, 5.41) is 0. The highest BCUT2D eigenvalue weighted by Gasteiger charge is 2.41. The molecule has 0 radical (unpaired) electrons. The van der Waals surface area contributed by atoms with Crippen LogP contribution in [-0.2, 0) is 27.7 Å². The van der Waals surface area contributed by atoms with Crippen LogP contribution in [-0.4, -0.2) is 26.3 Å². The van der Waals surface area contributed by atoms with Crippen LogP contribution < -0.4 is 0 Å². The molecule has 2 heterocycles. The quantitative estimate of drug-likeness (QED) is 0.502. The molecule has 0 N–H and O–H groups in total. The average Bonchev–Trinajstić information content (AvgIpc) is 2.50. The fourth-order valence-corrected chi connectivity index (χ4v) is 2.61. The zero-order valence-corrected chi connectivity index (χ0v) is 9.28. The molecule has 15 heavy (non-hydrogen) atoms. The molecule has 0 aliphatic carbocycles. The van der Waals surface area contributed by atoms with Gasteiger partial charge in [0.25, 0.3) is 0 Å². The minimum atomic E-state index is -3.54. The lowest BCUT2D eigenvalue weighted by molar-refractivity contribution is -0.135. The van der Waals surface area contributed by atoms with Crippen molar-refractivity contribution in [3.05, 3.63) is 11.3 Å². The highest BCUT2D eigenvalue weighted by molar-refractivity contribution is 7.48. The number of ether oxygens (including phenoxy) is 1. The van der Waals surface area contributed by atoms with Crippen LogP contribution in [0, 0.1) is 5.92 Å². The van der Waals surface area contributed by atoms with Gasteiger partial charge in [-0.1, -0.05) is 0 Å². The molecule has 84 valence electrons. The van der Waals surface area contributed by atoms with Crippen LogP contribution in [0.1, 0.15) is 6.92 Å². The van der Waals surface area contributed by atoms with Crippen LogP contribution in [0.5, 0.6) is 0 Å². The van der Waals surface area contributed by atoms with Gasteiger partial charge < -0.3 is 9.26 Å². The number of allylic oxidation sites excluding steroid dienone is 1. The topological polar surface area (TPSA) is 71.1 Å². The molecule has 2 atom stereocenters. The Balaban J connectivity index is 2.35. The van der Waals surface area contributed by atoms with Gasteiger partial charge in [0.05, 0.1) is 18.1 Å². The number of cyclic esters (lactones) is 1. The predicted molar refractivity (Wildman–Crippen MR) is 48.8 cm³/mol. The van der Waals surface area contributed by atoms with Gasteiger partial charge in [0.2, 0.25) is 0 Å². The first-order valence-electron chi connectivity index (χ1n) is 4.43. The number of hydrogen-bond donors (Lipinski definition) is 0. The Labute approximate surface area is 86.8 Å². The number of carbonyl (C=O) groups is 1. The van der Waals surface area contributed by atoms with Crippen molar-refractivity contribution in [2.45, 2.75) is 6.92 Å². The Hall–Kier alpha value is -0.840. The van der Waals surface area contributed by atoms with Gasteiger partial charge in [-0.05, 0) is 6.92 Å². The summed E-state index contributed by atoms with van der Waals surface area (Å²) in [5.74, 6) is -0.403. The normalized spacial score (nSPS) is 35.6. The van der Waals surface area contributed by atoms with E-state index in [0.717, 1.165) is 0 Å². The van der Waals surface area contributed by atoms with Crippen LogP contribution >= 0.6 is 7.82 Å². The second-order valence-corrected chi connectivity index (χ2v) is 4.98. The van der Waals surface area contributed by atoms with Gasteiger partial charge in [0.1, 0.15) is 12.4 Å². The summed E-state index contributed by atoms with van der Waals surface area (Å²) in [7, 11) is -2.31. The highest BCUT2D eigenvalue weighted by atomic mass is 31.2. The van der Waals surface area contributed by atoms with Gasteiger partial charge >= 0.3 is 13.8 Å².